The van der Waals surface area contributed by atoms with Crippen molar-refractivity contribution in [1.82, 2.24) is 14.7 Å². The third-order valence-electron chi connectivity index (χ3n) is 2.87. The van der Waals surface area contributed by atoms with Crippen LogP contribution in [0.2, 0.25) is 0 Å². The Bertz CT molecular complexity index is 307. The molecule has 0 radical (unpaired) electrons. The molecule has 1 saturated heterocycles. The van der Waals surface area contributed by atoms with Crippen LogP contribution >= 0.6 is 11.5 Å². The van der Waals surface area contributed by atoms with Crippen LogP contribution in [0.4, 0.5) is 5.13 Å². The van der Waals surface area contributed by atoms with Crippen molar-refractivity contribution < 1.29 is 0 Å². The summed E-state index contributed by atoms with van der Waals surface area (Å²) in [5.41, 5.74) is 0. The fourth-order valence-electron chi connectivity index (χ4n) is 2.01. The van der Waals surface area contributed by atoms with Gasteiger partial charge in [-0.15, -0.1) is 0 Å². The number of aryl methyl sites for hydroxylation is 1. The van der Waals surface area contributed by atoms with Crippen LogP contribution in [0, 0.1) is 0 Å². The lowest BCUT2D eigenvalue weighted by Crippen LogP contribution is -2.24. The van der Waals surface area contributed by atoms with Crippen molar-refractivity contribution in [3.8, 4) is 0 Å². The minimum Gasteiger partial charge on any atom is -0.360 e. The maximum atomic E-state index is 4.44. The van der Waals surface area contributed by atoms with Gasteiger partial charge in [0.2, 0.25) is 5.13 Å². The van der Waals surface area contributed by atoms with Gasteiger partial charge < -0.3 is 10.6 Å². The Labute approximate surface area is 101 Å². The van der Waals surface area contributed by atoms with Crippen molar-refractivity contribution >= 4 is 16.7 Å². The average molecular weight is 240 g/mol. The van der Waals surface area contributed by atoms with Crippen LogP contribution in [-0.2, 0) is 6.42 Å². The highest BCUT2D eigenvalue weighted by molar-refractivity contribution is 7.09. The van der Waals surface area contributed by atoms with Crippen molar-refractivity contribution in [3.63, 3.8) is 0 Å². The maximum Gasteiger partial charge on any atom is 0.202 e. The van der Waals surface area contributed by atoms with Crippen molar-refractivity contribution in [2.24, 2.45) is 0 Å². The smallest absolute Gasteiger partial charge is 0.202 e. The van der Waals surface area contributed by atoms with Crippen LogP contribution in [0.5, 0.6) is 0 Å². The molecule has 1 aliphatic heterocycles. The predicted octanol–water partition coefficient (Wildman–Crippen LogP) is 2.04. The Kier molecular flexibility index (Phi) is 4.54. The van der Waals surface area contributed by atoms with Gasteiger partial charge in [0.1, 0.15) is 5.82 Å². The molecule has 0 amide bonds. The summed E-state index contributed by atoms with van der Waals surface area (Å²) >= 11 is 1.48. The van der Waals surface area contributed by atoms with E-state index >= 15 is 0 Å². The third-order valence-corrected chi connectivity index (χ3v) is 3.58. The number of anilines is 1. The van der Waals surface area contributed by atoms with E-state index in [0.717, 1.165) is 30.3 Å². The van der Waals surface area contributed by atoms with Crippen molar-refractivity contribution in [3.05, 3.63) is 5.82 Å². The molecule has 4 nitrogen and oxygen atoms in total. The van der Waals surface area contributed by atoms with Gasteiger partial charge in [0.15, 0.2) is 0 Å². The van der Waals surface area contributed by atoms with Crippen molar-refractivity contribution in [1.29, 1.82) is 0 Å². The minimum absolute atomic E-state index is 0.704. The molecule has 1 fully saturated rings. The first kappa shape index (κ1) is 11.8. The minimum atomic E-state index is 0.704. The molecule has 2 heterocycles. The highest BCUT2D eigenvalue weighted by atomic mass is 32.1. The molecule has 0 aliphatic carbocycles. The van der Waals surface area contributed by atoms with Gasteiger partial charge >= 0.3 is 0 Å². The maximum absolute atomic E-state index is 4.44. The van der Waals surface area contributed by atoms with Crippen LogP contribution in [0.15, 0.2) is 0 Å². The monoisotopic (exact) mass is 240 g/mol. The van der Waals surface area contributed by atoms with Gasteiger partial charge in [-0.05, 0) is 32.2 Å². The van der Waals surface area contributed by atoms with Gasteiger partial charge in [-0.2, -0.15) is 4.37 Å². The molecule has 2 rings (SSSR count). The van der Waals surface area contributed by atoms with E-state index in [-0.39, 0.29) is 0 Å². The summed E-state index contributed by atoms with van der Waals surface area (Å²) in [5, 5.41) is 7.82. The molecule has 0 bridgehead atoms. The number of hydrogen-bond acceptors (Lipinski definition) is 5. The topological polar surface area (TPSA) is 49.8 Å². The van der Waals surface area contributed by atoms with Gasteiger partial charge in [-0.1, -0.05) is 6.92 Å². The molecular formula is C11H20N4S. The lowest BCUT2D eigenvalue weighted by atomic mass is 10.2. The SMILES string of the molecule is CCCc1nsc(NCCC2CCCN2)n1. The highest BCUT2D eigenvalue weighted by Crippen LogP contribution is 2.13. The summed E-state index contributed by atoms with van der Waals surface area (Å²) in [6.45, 7) is 4.34. The number of hydrogen-bond donors (Lipinski definition) is 2. The van der Waals surface area contributed by atoms with Crippen LogP contribution in [-0.4, -0.2) is 28.5 Å². The molecule has 1 aromatic heterocycles. The first-order valence-electron chi connectivity index (χ1n) is 6.18. The quantitative estimate of drug-likeness (QED) is 0.799. The lowest BCUT2D eigenvalue weighted by molar-refractivity contribution is 0.574. The zero-order valence-corrected chi connectivity index (χ0v) is 10.6. The Morgan fingerprint density at radius 1 is 1.56 bits per heavy atom. The Balaban J connectivity index is 1.67. The van der Waals surface area contributed by atoms with Gasteiger partial charge in [0.05, 0.1) is 0 Å². The molecule has 1 aromatic rings. The summed E-state index contributed by atoms with van der Waals surface area (Å²) in [7, 11) is 0. The normalized spacial score (nSPS) is 20.2. The van der Waals surface area contributed by atoms with E-state index in [2.05, 4.69) is 26.9 Å². The van der Waals surface area contributed by atoms with Crippen molar-refractivity contribution in [2.75, 3.05) is 18.4 Å². The molecular weight excluding hydrogens is 220 g/mol. The molecule has 0 saturated carbocycles. The standard InChI is InChI=1S/C11H20N4S/c1-2-4-10-14-11(16-15-10)13-8-6-9-5-3-7-12-9/h9,12H,2-8H2,1H3,(H,13,14,15). The predicted molar refractivity (Wildman–Crippen MR) is 68.0 cm³/mol. The van der Waals surface area contributed by atoms with Crippen LogP contribution in [0.3, 0.4) is 0 Å². The van der Waals surface area contributed by atoms with Gasteiger partial charge in [0, 0.05) is 30.5 Å². The fraction of sp³-hybridized carbons (Fsp3) is 0.818. The molecule has 5 heteroatoms. The fourth-order valence-corrected chi connectivity index (χ4v) is 2.64. The summed E-state index contributed by atoms with van der Waals surface area (Å²) < 4.78 is 4.31. The number of rotatable bonds is 6. The van der Waals surface area contributed by atoms with E-state index in [4.69, 9.17) is 0 Å². The molecule has 0 spiro atoms. The van der Waals surface area contributed by atoms with E-state index in [1.165, 1.54) is 37.3 Å². The van der Waals surface area contributed by atoms with Gasteiger partial charge in [-0.25, -0.2) is 4.98 Å². The summed E-state index contributed by atoms with van der Waals surface area (Å²) in [6, 6.07) is 0.704. The molecule has 2 N–H and O–H groups in total. The average Bonchev–Trinajstić information content (AvgIpc) is 2.90. The zero-order chi connectivity index (χ0) is 11.2. The molecule has 0 aromatic carbocycles. The van der Waals surface area contributed by atoms with E-state index in [1.54, 1.807) is 0 Å². The van der Waals surface area contributed by atoms with Gasteiger partial charge in [-0.3, -0.25) is 0 Å². The van der Waals surface area contributed by atoms with E-state index in [1.807, 2.05) is 0 Å². The van der Waals surface area contributed by atoms with Gasteiger partial charge in [0.25, 0.3) is 0 Å². The summed E-state index contributed by atoms with van der Waals surface area (Å²) in [4.78, 5) is 4.44. The Morgan fingerprint density at radius 3 is 3.25 bits per heavy atom. The van der Waals surface area contributed by atoms with Crippen LogP contribution in [0.1, 0.15) is 38.4 Å². The van der Waals surface area contributed by atoms with Crippen LogP contribution < -0.4 is 10.6 Å². The highest BCUT2D eigenvalue weighted by Gasteiger charge is 2.13. The number of aromatic nitrogens is 2. The van der Waals surface area contributed by atoms with E-state index < -0.39 is 0 Å². The van der Waals surface area contributed by atoms with Crippen LogP contribution in [0.25, 0.3) is 0 Å². The molecule has 1 aliphatic rings. The molecule has 90 valence electrons. The Morgan fingerprint density at radius 2 is 2.50 bits per heavy atom. The third kappa shape index (κ3) is 3.42. The molecule has 16 heavy (non-hydrogen) atoms. The van der Waals surface area contributed by atoms with E-state index in [0.29, 0.717) is 6.04 Å². The van der Waals surface area contributed by atoms with E-state index in [9.17, 15) is 0 Å². The largest absolute Gasteiger partial charge is 0.360 e. The van der Waals surface area contributed by atoms with Crippen molar-refractivity contribution in [2.45, 2.75) is 45.1 Å². The second-order valence-corrected chi connectivity index (χ2v) is 5.03. The first-order chi connectivity index (χ1) is 7.88. The molecule has 1 atom stereocenters. The molecule has 1 unspecified atom stereocenters. The number of nitrogens with one attached hydrogen (secondary N) is 2. The first-order valence-corrected chi connectivity index (χ1v) is 6.95. The summed E-state index contributed by atoms with van der Waals surface area (Å²) in [5.74, 6) is 0.981. The Hall–Kier alpha value is -0.680. The second-order valence-electron chi connectivity index (χ2n) is 4.27. The summed E-state index contributed by atoms with van der Waals surface area (Å²) in [6.07, 6.45) is 5.93. The zero-order valence-electron chi connectivity index (χ0n) is 9.83. The lowest BCUT2D eigenvalue weighted by Gasteiger charge is -2.09. The second kappa shape index (κ2) is 6.15. The number of nitrogens with zero attached hydrogens (tertiary/aromatic N) is 2.